The molecule has 0 aliphatic rings. The second-order valence-corrected chi connectivity index (χ2v) is 6.53. The Morgan fingerprint density at radius 1 is 1.08 bits per heavy atom. The molecule has 0 saturated heterocycles. The third-order valence-corrected chi connectivity index (χ3v) is 4.20. The maximum Gasteiger partial charge on any atom is 0.146 e. The van der Waals surface area contributed by atoms with Crippen LogP contribution >= 0.6 is 0 Å². The average Bonchev–Trinajstić information content (AvgIpc) is 2.60. The lowest BCUT2D eigenvalue weighted by Crippen LogP contribution is -2.30. The highest BCUT2D eigenvalue weighted by Crippen LogP contribution is 2.26. The number of halogens is 2. The van der Waals surface area contributed by atoms with E-state index < -0.39 is 11.6 Å². The first-order valence-electron chi connectivity index (χ1n) is 8.73. The summed E-state index contributed by atoms with van der Waals surface area (Å²) in [6.07, 6.45) is 0.866. The molecular formula is C20H26F2N2O. The van der Waals surface area contributed by atoms with Crippen LogP contribution in [0.4, 0.5) is 8.78 Å². The molecule has 25 heavy (non-hydrogen) atoms. The van der Waals surface area contributed by atoms with Gasteiger partial charge in [0, 0.05) is 18.2 Å². The number of hydrogen-bond acceptors (Lipinski definition) is 3. The average molecular weight is 348 g/mol. The predicted octanol–water partition coefficient (Wildman–Crippen LogP) is 4.95. The van der Waals surface area contributed by atoms with E-state index in [1.807, 2.05) is 13.8 Å². The SMILES string of the molecule is CCCOc1ccc(F)c(-c2ccc(F)c(CN[C@H](C)C(C)C)n2)c1. The topological polar surface area (TPSA) is 34.1 Å². The Bertz CT molecular complexity index is 704. The van der Waals surface area contributed by atoms with Gasteiger partial charge in [-0.1, -0.05) is 20.8 Å². The van der Waals surface area contributed by atoms with Crippen LogP contribution in [0.1, 0.15) is 39.8 Å². The van der Waals surface area contributed by atoms with Crippen molar-refractivity contribution in [3.8, 4) is 17.0 Å². The maximum absolute atomic E-state index is 14.2. The van der Waals surface area contributed by atoms with Crippen LogP contribution in [0.3, 0.4) is 0 Å². The zero-order chi connectivity index (χ0) is 18.4. The normalized spacial score (nSPS) is 12.4. The lowest BCUT2D eigenvalue weighted by atomic mass is 10.1. The Morgan fingerprint density at radius 3 is 2.48 bits per heavy atom. The minimum Gasteiger partial charge on any atom is -0.494 e. The molecule has 5 heteroatoms. The van der Waals surface area contributed by atoms with Crippen LogP contribution in [0, 0.1) is 17.6 Å². The first-order chi connectivity index (χ1) is 11.9. The van der Waals surface area contributed by atoms with E-state index in [1.54, 1.807) is 12.1 Å². The number of benzene rings is 1. The fourth-order valence-corrected chi connectivity index (χ4v) is 2.26. The maximum atomic E-state index is 14.2. The molecule has 136 valence electrons. The molecule has 1 atom stereocenters. The van der Waals surface area contributed by atoms with Crippen molar-refractivity contribution >= 4 is 0 Å². The molecule has 0 aliphatic heterocycles. The third-order valence-electron chi connectivity index (χ3n) is 4.20. The van der Waals surface area contributed by atoms with Gasteiger partial charge in [-0.3, -0.25) is 0 Å². The van der Waals surface area contributed by atoms with Crippen molar-refractivity contribution in [3.63, 3.8) is 0 Å². The lowest BCUT2D eigenvalue weighted by Gasteiger charge is -2.17. The number of aromatic nitrogens is 1. The summed E-state index contributed by atoms with van der Waals surface area (Å²) < 4.78 is 33.8. The first-order valence-corrected chi connectivity index (χ1v) is 8.73. The fraction of sp³-hybridized carbons (Fsp3) is 0.450. The summed E-state index contributed by atoms with van der Waals surface area (Å²) in [7, 11) is 0. The van der Waals surface area contributed by atoms with Crippen molar-refractivity contribution in [1.29, 1.82) is 0 Å². The molecule has 0 radical (unpaired) electrons. The van der Waals surface area contributed by atoms with Gasteiger partial charge in [0.15, 0.2) is 0 Å². The monoisotopic (exact) mass is 348 g/mol. The molecular weight excluding hydrogens is 322 g/mol. The van der Waals surface area contributed by atoms with E-state index in [1.165, 1.54) is 18.2 Å². The second-order valence-electron chi connectivity index (χ2n) is 6.53. The van der Waals surface area contributed by atoms with E-state index in [0.717, 1.165) is 6.42 Å². The molecule has 1 heterocycles. The highest BCUT2D eigenvalue weighted by atomic mass is 19.1. The van der Waals surface area contributed by atoms with Crippen LogP contribution in [0.5, 0.6) is 5.75 Å². The molecule has 0 bridgehead atoms. The van der Waals surface area contributed by atoms with Crippen molar-refractivity contribution in [2.75, 3.05) is 6.61 Å². The molecule has 0 amide bonds. The van der Waals surface area contributed by atoms with Gasteiger partial charge in [0.25, 0.3) is 0 Å². The Hall–Kier alpha value is -2.01. The molecule has 0 unspecified atom stereocenters. The first kappa shape index (κ1) is 19.3. The van der Waals surface area contributed by atoms with Crippen LogP contribution in [0.25, 0.3) is 11.3 Å². The van der Waals surface area contributed by atoms with Crippen molar-refractivity contribution < 1.29 is 13.5 Å². The lowest BCUT2D eigenvalue weighted by molar-refractivity contribution is 0.317. The molecule has 2 aromatic rings. The van der Waals surface area contributed by atoms with Gasteiger partial charge < -0.3 is 10.1 Å². The molecule has 3 nitrogen and oxygen atoms in total. The summed E-state index contributed by atoms with van der Waals surface area (Å²) in [6.45, 7) is 9.09. The smallest absolute Gasteiger partial charge is 0.146 e. The van der Waals surface area contributed by atoms with Gasteiger partial charge in [-0.25, -0.2) is 13.8 Å². The van der Waals surface area contributed by atoms with E-state index in [-0.39, 0.29) is 11.7 Å². The van der Waals surface area contributed by atoms with E-state index in [9.17, 15) is 8.78 Å². The van der Waals surface area contributed by atoms with Crippen molar-refractivity contribution in [2.45, 2.75) is 46.7 Å². The summed E-state index contributed by atoms with van der Waals surface area (Å²) in [5, 5.41) is 3.25. The molecule has 0 aliphatic carbocycles. The van der Waals surface area contributed by atoms with E-state index >= 15 is 0 Å². The van der Waals surface area contributed by atoms with Gasteiger partial charge in [-0.15, -0.1) is 0 Å². The summed E-state index contributed by atoms with van der Waals surface area (Å²) in [5.41, 5.74) is 0.992. The molecule has 1 N–H and O–H groups in total. The van der Waals surface area contributed by atoms with Crippen LogP contribution in [-0.2, 0) is 6.54 Å². The Balaban J connectivity index is 2.26. The highest BCUT2D eigenvalue weighted by Gasteiger charge is 2.13. The van der Waals surface area contributed by atoms with Crippen LogP contribution < -0.4 is 10.1 Å². The third kappa shape index (κ3) is 5.23. The zero-order valence-electron chi connectivity index (χ0n) is 15.3. The molecule has 0 spiro atoms. The molecule has 0 saturated carbocycles. The van der Waals surface area contributed by atoms with Crippen molar-refractivity contribution in [3.05, 3.63) is 47.7 Å². The van der Waals surface area contributed by atoms with E-state index in [0.29, 0.717) is 36.1 Å². The Labute approximate surface area is 148 Å². The summed E-state index contributed by atoms with van der Waals surface area (Å²) >= 11 is 0. The molecule has 0 fully saturated rings. The van der Waals surface area contributed by atoms with Gasteiger partial charge in [-0.05, 0) is 49.6 Å². The molecule has 1 aromatic heterocycles. The van der Waals surface area contributed by atoms with Crippen molar-refractivity contribution in [1.82, 2.24) is 10.3 Å². The quantitative estimate of drug-likeness (QED) is 0.733. The summed E-state index contributed by atoms with van der Waals surface area (Å²) in [4.78, 5) is 4.32. The molecule has 2 rings (SSSR count). The predicted molar refractivity (Wildman–Crippen MR) is 96.5 cm³/mol. The number of nitrogens with one attached hydrogen (secondary N) is 1. The fourth-order valence-electron chi connectivity index (χ4n) is 2.26. The Morgan fingerprint density at radius 2 is 1.80 bits per heavy atom. The van der Waals surface area contributed by atoms with Gasteiger partial charge in [0.2, 0.25) is 0 Å². The minimum atomic E-state index is -0.405. The van der Waals surface area contributed by atoms with E-state index in [4.69, 9.17) is 4.74 Å². The Kier molecular flexibility index (Phi) is 6.88. The standard InChI is InChI=1S/C20H26F2N2O/c1-5-10-25-15-6-7-17(21)16(11-15)19-9-8-18(22)20(24-19)12-23-14(4)13(2)3/h6-9,11,13-14,23H,5,10,12H2,1-4H3/t14-/m1/s1. The number of pyridine rings is 1. The second kappa shape index (κ2) is 8.90. The van der Waals surface area contributed by atoms with Gasteiger partial charge in [0.05, 0.1) is 18.0 Å². The summed E-state index contributed by atoms with van der Waals surface area (Å²) in [6, 6.07) is 7.60. The van der Waals surface area contributed by atoms with Crippen molar-refractivity contribution in [2.24, 2.45) is 5.92 Å². The number of nitrogens with zero attached hydrogens (tertiary/aromatic N) is 1. The number of rotatable bonds is 8. The summed E-state index contributed by atoms with van der Waals surface area (Å²) in [5.74, 6) is 0.206. The van der Waals surface area contributed by atoms with Crippen LogP contribution in [0.2, 0.25) is 0 Å². The van der Waals surface area contributed by atoms with Gasteiger partial charge in [-0.2, -0.15) is 0 Å². The van der Waals surface area contributed by atoms with Gasteiger partial charge in [0.1, 0.15) is 17.4 Å². The van der Waals surface area contributed by atoms with Crippen LogP contribution in [-0.4, -0.2) is 17.6 Å². The van der Waals surface area contributed by atoms with Gasteiger partial charge >= 0.3 is 0 Å². The minimum absolute atomic E-state index is 0.229. The largest absolute Gasteiger partial charge is 0.494 e. The van der Waals surface area contributed by atoms with Crippen LogP contribution in [0.15, 0.2) is 30.3 Å². The van der Waals surface area contributed by atoms with E-state index in [2.05, 4.69) is 24.1 Å². The zero-order valence-corrected chi connectivity index (χ0v) is 15.3. The number of ether oxygens (including phenoxy) is 1. The highest BCUT2D eigenvalue weighted by molar-refractivity contribution is 5.62. The molecule has 1 aromatic carbocycles. The number of hydrogen-bond donors (Lipinski definition) is 1.